The van der Waals surface area contributed by atoms with Crippen LogP contribution < -0.4 is 5.32 Å². The van der Waals surface area contributed by atoms with Crippen molar-refractivity contribution in [1.29, 1.82) is 5.41 Å². The van der Waals surface area contributed by atoms with E-state index < -0.39 is 12.3 Å². The van der Waals surface area contributed by atoms with Gasteiger partial charge in [-0.05, 0) is 38.2 Å². The summed E-state index contributed by atoms with van der Waals surface area (Å²) >= 11 is 1.48. The SMILES string of the molecule is C=C(S/C=C\C)C1=NCC(C(=N)/C=C\CC(C)F)=C(CC)N1CCNC(=O)OC. The smallest absolute Gasteiger partial charge is 0.406 e. The molecule has 0 aliphatic carbocycles. The van der Waals surface area contributed by atoms with Gasteiger partial charge in [0.15, 0.2) is 0 Å². The standard InChI is InChI=1S/C21H31FN4O2S/c1-6-13-29-16(4)20-25-14-17(18(23)10-8-9-15(3)22)19(7-2)26(20)12-11-24-21(27)28-5/h6,8,10,13,15,23H,4,7,9,11-12,14H2,1-3,5H3,(H,24,27)/b10-8-,13-6-,23-18?. The summed E-state index contributed by atoms with van der Waals surface area (Å²) in [5.74, 6) is 0.731. The van der Waals surface area contributed by atoms with E-state index in [0.29, 0.717) is 31.8 Å². The molecule has 0 saturated carbocycles. The molecule has 1 atom stereocenters. The number of halogens is 1. The monoisotopic (exact) mass is 422 g/mol. The molecule has 6 nitrogen and oxygen atoms in total. The van der Waals surface area contributed by atoms with Crippen LogP contribution in [0.5, 0.6) is 0 Å². The molecule has 1 aliphatic heterocycles. The molecule has 0 aromatic heterocycles. The lowest BCUT2D eigenvalue weighted by Gasteiger charge is -2.34. The summed E-state index contributed by atoms with van der Waals surface area (Å²) in [7, 11) is 1.32. The van der Waals surface area contributed by atoms with Crippen LogP contribution in [0.4, 0.5) is 9.18 Å². The van der Waals surface area contributed by atoms with Gasteiger partial charge >= 0.3 is 6.09 Å². The number of ether oxygens (including phenoxy) is 1. The molecule has 0 fully saturated rings. The molecule has 1 aliphatic rings. The van der Waals surface area contributed by atoms with E-state index in [2.05, 4.69) is 21.6 Å². The van der Waals surface area contributed by atoms with Crippen molar-refractivity contribution >= 4 is 29.4 Å². The number of hydrogen-bond acceptors (Lipinski definition) is 6. The molecular formula is C21H31FN4O2S. The Labute approximate surface area is 177 Å². The van der Waals surface area contributed by atoms with Gasteiger partial charge in [-0.15, -0.1) is 0 Å². The molecule has 0 spiro atoms. The van der Waals surface area contributed by atoms with Gasteiger partial charge in [0.2, 0.25) is 0 Å². The van der Waals surface area contributed by atoms with Crippen molar-refractivity contribution in [2.24, 2.45) is 4.99 Å². The van der Waals surface area contributed by atoms with Gasteiger partial charge in [-0.2, -0.15) is 0 Å². The number of amides is 1. The third-order valence-electron chi connectivity index (χ3n) is 4.11. The molecule has 29 heavy (non-hydrogen) atoms. The molecule has 2 N–H and O–H groups in total. The third-order valence-corrected chi connectivity index (χ3v) is 4.98. The van der Waals surface area contributed by atoms with Crippen LogP contribution in [0.2, 0.25) is 0 Å². The van der Waals surface area contributed by atoms with E-state index in [1.165, 1.54) is 25.8 Å². The van der Waals surface area contributed by atoms with Crippen molar-refractivity contribution in [3.05, 3.63) is 46.4 Å². The molecule has 0 saturated heterocycles. The normalized spacial score (nSPS) is 15.6. The van der Waals surface area contributed by atoms with E-state index in [1.54, 1.807) is 12.2 Å². The van der Waals surface area contributed by atoms with Crippen LogP contribution in [0.1, 0.15) is 33.6 Å². The lowest BCUT2D eigenvalue weighted by molar-refractivity contribution is 0.170. The first-order valence-electron chi connectivity index (χ1n) is 9.58. The number of amidine groups is 1. The van der Waals surface area contributed by atoms with Gasteiger partial charge in [0.05, 0.1) is 19.4 Å². The second-order valence-corrected chi connectivity index (χ2v) is 7.33. The van der Waals surface area contributed by atoms with Crippen LogP contribution in [0.3, 0.4) is 0 Å². The van der Waals surface area contributed by atoms with Gasteiger partial charge in [-0.3, -0.25) is 4.99 Å². The highest BCUT2D eigenvalue weighted by Gasteiger charge is 2.26. The van der Waals surface area contributed by atoms with Crippen molar-refractivity contribution in [1.82, 2.24) is 10.2 Å². The quantitative estimate of drug-likeness (QED) is 0.468. The minimum atomic E-state index is -0.942. The molecule has 0 radical (unpaired) electrons. The van der Waals surface area contributed by atoms with E-state index in [9.17, 15) is 9.18 Å². The van der Waals surface area contributed by atoms with Crippen molar-refractivity contribution < 1.29 is 13.9 Å². The number of alkyl carbamates (subject to hydrolysis) is 1. The largest absolute Gasteiger partial charge is 0.453 e. The highest BCUT2D eigenvalue weighted by atomic mass is 32.2. The average Bonchev–Trinajstić information content (AvgIpc) is 2.70. The van der Waals surface area contributed by atoms with Crippen LogP contribution in [0, 0.1) is 5.41 Å². The highest BCUT2D eigenvalue weighted by molar-refractivity contribution is 8.06. The van der Waals surface area contributed by atoms with Crippen LogP contribution in [0.25, 0.3) is 0 Å². The Kier molecular flexibility index (Phi) is 11.1. The first-order chi connectivity index (χ1) is 13.8. The lowest BCUT2D eigenvalue weighted by Crippen LogP contribution is -2.41. The minimum absolute atomic E-state index is 0.273. The van der Waals surface area contributed by atoms with Crippen molar-refractivity contribution in [2.45, 2.75) is 39.8 Å². The molecule has 1 amide bonds. The topological polar surface area (TPSA) is 77.8 Å². The number of rotatable bonds is 11. The lowest BCUT2D eigenvalue weighted by atomic mass is 10.0. The molecule has 0 bridgehead atoms. The van der Waals surface area contributed by atoms with Gasteiger partial charge in [-0.25, -0.2) is 9.18 Å². The van der Waals surface area contributed by atoms with Crippen LogP contribution in [0.15, 0.2) is 51.4 Å². The molecule has 1 rings (SSSR count). The van der Waals surface area contributed by atoms with E-state index in [0.717, 1.165) is 22.0 Å². The number of carbonyl (C=O) groups excluding carboxylic acids is 1. The first-order valence-corrected chi connectivity index (χ1v) is 10.5. The second-order valence-electron chi connectivity index (χ2n) is 6.33. The summed E-state index contributed by atoms with van der Waals surface area (Å²) in [6.07, 6.45) is 4.76. The first kappa shape index (κ1) is 24.7. The molecular weight excluding hydrogens is 391 g/mol. The maximum atomic E-state index is 13.0. The predicted molar refractivity (Wildman–Crippen MR) is 120 cm³/mol. The second kappa shape index (κ2) is 13.0. The summed E-state index contributed by atoms with van der Waals surface area (Å²) in [5, 5.41) is 13.0. The fourth-order valence-corrected chi connectivity index (χ4v) is 3.35. The number of hydrogen-bond donors (Lipinski definition) is 2. The van der Waals surface area contributed by atoms with Crippen molar-refractivity contribution in [3.63, 3.8) is 0 Å². The number of thioether (sulfide) groups is 1. The number of carbonyl (C=O) groups is 1. The van der Waals surface area contributed by atoms with E-state index in [-0.39, 0.29) is 6.42 Å². The van der Waals surface area contributed by atoms with Crippen LogP contribution >= 0.6 is 11.8 Å². The average molecular weight is 423 g/mol. The molecule has 8 heteroatoms. The maximum absolute atomic E-state index is 13.0. The maximum Gasteiger partial charge on any atom is 0.406 e. The Bertz CT molecular complexity index is 726. The third kappa shape index (κ3) is 7.89. The van der Waals surface area contributed by atoms with Gasteiger partial charge in [-0.1, -0.05) is 37.4 Å². The summed E-state index contributed by atoms with van der Waals surface area (Å²) in [6, 6.07) is 0. The highest BCUT2D eigenvalue weighted by Crippen LogP contribution is 2.28. The van der Waals surface area contributed by atoms with E-state index >= 15 is 0 Å². The zero-order chi connectivity index (χ0) is 21.8. The molecule has 1 unspecified atom stereocenters. The molecule has 0 aromatic carbocycles. The zero-order valence-corrected chi connectivity index (χ0v) is 18.4. The van der Waals surface area contributed by atoms with Gasteiger partial charge < -0.3 is 20.4 Å². The number of allylic oxidation sites excluding steroid dienone is 4. The number of nitrogens with zero attached hydrogens (tertiary/aromatic N) is 2. The number of aliphatic imine (C=N–C) groups is 1. The predicted octanol–water partition coefficient (Wildman–Crippen LogP) is 4.83. The molecule has 1 heterocycles. The Hall–Kier alpha value is -2.35. The number of methoxy groups -OCH3 is 1. The summed E-state index contributed by atoms with van der Waals surface area (Å²) in [5.41, 5.74) is 2.07. The fourth-order valence-electron chi connectivity index (χ4n) is 2.76. The zero-order valence-electron chi connectivity index (χ0n) is 17.6. The van der Waals surface area contributed by atoms with Gasteiger partial charge in [0, 0.05) is 29.3 Å². The fraction of sp³-hybridized carbons (Fsp3) is 0.476. The Morgan fingerprint density at radius 1 is 1.55 bits per heavy atom. The van der Waals surface area contributed by atoms with Crippen LogP contribution in [-0.2, 0) is 4.74 Å². The Morgan fingerprint density at radius 3 is 2.86 bits per heavy atom. The van der Waals surface area contributed by atoms with E-state index in [4.69, 9.17) is 5.41 Å². The van der Waals surface area contributed by atoms with Crippen molar-refractivity contribution in [2.75, 3.05) is 26.7 Å². The van der Waals surface area contributed by atoms with Gasteiger partial charge in [0.25, 0.3) is 0 Å². The Balaban J connectivity index is 3.12. The van der Waals surface area contributed by atoms with E-state index in [1.807, 2.05) is 30.2 Å². The van der Waals surface area contributed by atoms with Crippen LogP contribution in [-0.4, -0.2) is 55.5 Å². The summed E-state index contributed by atoms with van der Waals surface area (Å²) in [6.45, 7) is 10.8. The minimum Gasteiger partial charge on any atom is -0.453 e. The Morgan fingerprint density at radius 2 is 2.28 bits per heavy atom. The number of nitrogens with one attached hydrogen (secondary N) is 2. The number of alkyl halides is 1. The molecule has 0 aromatic rings. The summed E-state index contributed by atoms with van der Waals surface area (Å²) in [4.78, 5) is 18.9. The summed E-state index contributed by atoms with van der Waals surface area (Å²) < 4.78 is 17.7. The van der Waals surface area contributed by atoms with Crippen molar-refractivity contribution in [3.8, 4) is 0 Å². The molecule has 160 valence electrons. The van der Waals surface area contributed by atoms with Gasteiger partial charge in [0.1, 0.15) is 12.0 Å².